The van der Waals surface area contributed by atoms with E-state index in [0.29, 0.717) is 0 Å². The fraction of sp³-hybridized carbons (Fsp3) is 0.556. The molecule has 0 saturated carbocycles. The van der Waals surface area contributed by atoms with Gasteiger partial charge in [0.2, 0.25) is 11.8 Å². The third-order valence-corrected chi connectivity index (χ3v) is 2.06. The van der Waals surface area contributed by atoms with E-state index in [2.05, 4.69) is 10.6 Å². The highest BCUT2D eigenvalue weighted by atomic mass is 16.4. The number of aliphatic carboxylic acids is 1. The van der Waals surface area contributed by atoms with Gasteiger partial charge in [-0.1, -0.05) is 0 Å². The fourth-order valence-corrected chi connectivity index (χ4v) is 1.01. The van der Waals surface area contributed by atoms with E-state index in [9.17, 15) is 19.2 Å². The molecule has 0 aliphatic carbocycles. The number of nitrogens with one attached hydrogen (secondary N) is 2. The molecule has 0 radical (unpaired) electrons. The van der Waals surface area contributed by atoms with E-state index in [0.717, 1.165) is 0 Å². The predicted molar refractivity (Wildman–Crippen MR) is 60.2 cm³/mol. The SMILES string of the molecule is CC(NC(=O)NC(CCC(N)=O)C(=O)O)C(N)=O. The first-order chi connectivity index (χ1) is 8.23. The number of carbonyl (C=O) groups excluding carboxylic acids is 3. The van der Waals surface area contributed by atoms with E-state index in [1.165, 1.54) is 6.92 Å². The van der Waals surface area contributed by atoms with Crippen LogP contribution in [0, 0.1) is 0 Å². The molecule has 9 nitrogen and oxygen atoms in total. The maximum Gasteiger partial charge on any atom is 0.326 e. The summed E-state index contributed by atoms with van der Waals surface area (Å²) in [7, 11) is 0. The van der Waals surface area contributed by atoms with Crippen LogP contribution in [-0.4, -0.2) is 41.0 Å². The van der Waals surface area contributed by atoms with Crippen molar-refractivity contribution in [3.63, 3.8) is 0 Å². The molecule has 0 fully saturated rings. The summed E-state index contributed by atoms with van der Waals surface area (Å²) in [6, 6.07) is -3.06. The Hall–Kier alpha value is -2.32. The lowest BCUT2D eigenvalue weighted by Crippen LogP contribution is -2.51. The minimum atomic E-state index is -1.31. The molecule has 0 bridgehead atoms. The Morgan fingerprint density at radius 2 is 1.72 bits per heavy atom. The molecule has 0 rings (SSSR count). The molecule has 0 saturated heterocycles. The Balaban J connectivity index is 4.32. The third-order valence-electron chi connectivity index (χ3n) is 2.06. The number of carbonyl (C=O) groups is 4. The van der Waals surface area contributed by atoms with Gasteiger partial charge in [-0.3, -0.25) is 9.59 Å². The normalized spacial score (nSPS) is 13.2. The van der Waals surface area contributed by atoms with Crippen LogP contribution in [0.1, 0.15) is 19.8 Å². The standard InChI is InChI=1S/C9H16N4O5/c1-4(7(11)15)12-9(18)13-5(8(16)17)2-3-6(10)14/h4-5H,2-3H2,1H3,(H2,10,14)(H2,11,15)(H,16,17)(H2,12,13,18). The van der Waals surface area contributed by atoms with Crippen molar-refractivity contribution in [1.29, 1.82) is 0 Å². The zero-order chi connectivity index (χ0) is 14.3. The molecule has 102 valence electrons. The molecule has 4 amide bonds. The minimum absolute atomic E-state index is 0.136. The zero-order valence-electron chi connectivity index (χ0n) is 9.80. The Kier molecular flexibility index (Phi) is 6.18. The number of hydrogen-bond donors (Lipinski definition) is 5. The first-order valence-electron chi connectivity index (χ1n) is 5.11. The smallest absolute Gasteiger partial charge is 0.326 e. The zero-order valence-corrected chi connectivity index (χ0v) is 9.80. The summed E-state index contributed by atoms with van der Waals surface area (Å²) < 4.78 is 0. The van der Waals surface area contributed by atoms with E-state index >= 15 is 0 Å². The summed E-state index contributed by atoms with van der Waals surface area (Å²) in [6.07, 6.45) is -0.314. The summed E-state index contributed by atoms with van der Waals surface area (Å²) >= 11 is 0. The van der Waals surface area contributed by atoms with Crippen LogP contribution in [0.5, 0.6) is 0 Å². The van der Waals surface area contributed by atoms with Crippen molar-refractivity contribution in [2.24, 2.45) is 11.5 Å². The van der Waals surface area contributed by atoms with Gasteiger partial charge in [0.25, 0.3) is 0 Å². The highest BCUT2D eigenvalue weighted by molar-refractivity contribution is 5.87. The van der Waals surface area contributed by atoms with E-state index in [4.69, 9.17) is 16.6 Å². The number of carboxylic acid groups (broad SMARTS) is 1. The number of hydrogen-bond acceptors (Lipinski definition) is 4. The van der Waals surface area contributed by atoms with E-state index in [-0.39, 0.29) is 12.8 Å². The van der Waals surface area contributed by atoms with Gasteiger partial charge in [-0.25, -0.2) is 9.59 Å². The van der Waals surface area contributed by atoms with Crippen LogP contribution in [0.15, 0.2) is 0 Å². The van der Waals surface area contributed by atoms with Gasteiger partial charge in [0.1, 0.15) is 12.1 Å². The molecule has 0 heterocycles. The molecule has 2 atom stereocenters. The third kappa shape index (κ3) is 6.30. The van der Waals surface area contributed by atoms with Crippen molar-refractivity contribution in [2.75, 3.05) is 0 Å². The second-order valence-corrected chi connectivity index (χ2v) is 3.64. The summed E-state index contributed by atoms with van der Waals surface area (Å²) in [5, 5.41) is 13.0. The minimum Gasteiger partial charge on any atom is -0.480 e. The van der Waals surface area contributed by atoms with E-state index in [1.54, 1.807) is 0 Å². The molecule has 0 aliphatic rings. The number of nitrogens with two attached hydrogens (primary N) is 2. The lowest BCUT2D eigenvalue weighted by atomic mass is 10.1. The molecule has 0 aromatic carbocycles. The molecule has 0 spiro atoms. The molecule has 0 aliphatic heterocycles. The molecule has 2 unspecified atom stereocenters. The van der Waals surface area contributed by atoms with Gasteiger partial charge in [0.05, 0.1) is 0 Å². The van der Waals surface area contributed by atoms with Crippen LogP contribution in [0.4, 0.5) is 4.79 Å². The Morgan fingerprint density at radius 1 is 1.17 bits per heavy atom. The van der Waals surface area contributed by atoms with Crippen LogP contribution >= 0.6 is 0 Å². The van der Waals surface area contributed by atoms with Gasteiger partial charge >= 0.3 is 12.0 Å². The summed E-state index contributed by atoms with van der Waals surface area (Å²) in [4.78, 5) is 43.3. The molecule has 7 N–H and O–H groups in total. The van der Waals surface area contributed by atoms with Gasteiger partial charge in [0.15, 0.2) is 0 Å². The number of urea groups is 1. The topological polar surface area (TPSA) is 165 Å². The molecular weight excluding hydrogens is 244 g/mol. The van der Waals surface area contributed by atoms with Gasteiger partial charge < -0.3 is 27.2 Å². The van der Waals surface area contributed by atoms with Crippen LogP contribution in [0.3, 0.4) is 0 Å². The summed E-state index contributed by atoms with van der Waals surface area (Å²) in [5.41, 5.74) is 9.79. The highest BCUT2D eigenvalue weighted by Gasteiger charge is 2.21. The van der Waals surface area contributed by atoms with Gasteiger partial charge in [-0.2, -0.15) is 0 Å². The van der Waals surface area contributed by atoms with E-state index in [1.807, 2.05) is 0 Å². The Bertz CT molecular complexity index is 357. The largest absolute Gasteiger partial charge is 0.480 e. The van der Waals surface area contributed by atoms with Crippen LogP contribution in [-0.2, 0) is 14.4 Å². The molecule has 0 aromatic rings. The molecule has 18 heavy (non-hydrogen) atoms. The van der Waals surface area contributed by atoms with Crippen molar-refractivity contribution < 1.29 is 24.3 Å². The highest BCUT2D eigenvalue weighted by Crippen LogP contribution is 1.97. The summed E-state index contributed by atoms with van der Waals surface area (Å²) in [6.45, 7) is 1.35. The number of amides is 4. The number of rotatable bonds is 7. The van der Waals surface area contributed by atoms with Gasteiger partial charge in [-0.05, 0) is 13.3 Å². The second-order valence-electron chi connectivity index (χ2n) is 3.64. The van der Waals surface area contributed by atoms with Crippen molar-refractivity contribution in [3.05, 3.63) is 0 Å². The van der Waals surface area contributed by atoms with Crippen molar-refractivity contribution in [3.8, 4) is 0 Å². The fourth-order valence-electron chi connectivity index (χ4n) is 1.01. The lowest BCUT2D eigenvalue weighted by molar-refractivity contribution is -0.139. The molecule has 0 aromatic heterocycles. The first-order valence-corrected chi connectivity index (χ1v) is 5.11. The first kappa shape index (κ1) is 15.7. The monoisotopic (exact) mass is 260 g/mol. The van der Waals surface area contributed by atoms with E-state index < -0.39 is 35.9 Å². The average Bonchev–Trinajstić information content (AvgIpc) is 2.23. The molecule has 9 heteroatoms. The molecular formula is C9H16N4O5. The lowest BCUT2D eigenvalue weighted by Gasteiger charge is -2.16. The predicted octanol–water partition coefficient (Wildman–Crippen LogP) is -2.12. The van der Waals surface area contributed by atoms with Crippen LogP contribution in [0.2, 0.25) is 0 Å². The quantitative estimate of drug-likeness (QED) is 0.352. The van der Waals surface area contributed by atoms with Crippen LogP contribution < -0.4 is 22.1 Å². The van der Waals surface area contributed by atoms with Gasteiger partial charge in [-0.15, -0.1) is 0 Å². The average molecular weight is 260 g/mol. The maximum atomic E-state index is 11.3. The van der Waals surface area contributed by atoms with Crippen molar-refractivity contribution >= 4 is 23.8 Å². The van der Waals surface area contributed by atoms with Gasteiger partial charge in [0, 0.05) is 6.42 Å². The summed E-state index contributed by atoms with van der Waals surface area (Å²) in [5.74, 6) is -2.73. The van der Waals surface area contributed by atoms with Crippen LogP contribution in [0.25, 0.3) is 0 Å². The van der Waals surface area contributed by atoms with Crippen molar-refractivity contribution in [2.45, 2.75) is 31.8 Å². The number of carboxylic acids is 1. The maximum absolute atomic E-state index is 11.3. The second kappa shape index (κ2) is 7.09. The Labute approximate surface area is 103 Å². The Morgan fingerprint density at radius 3 is 2.11 bits per heavy atom. The van der Waals surface area contributed by atoms with Crippen molar-refractivity contribution in [1.82, 2.24) is 10.6 Å². The number of primary amides is 2.